The molecule has 0 spiro atoms. The van der Waals surface area contributed by atoms with Gasteiger partial charge in [0, 0.05) is 31.9 Å². The van der Waals surface area contributed by atoms with E-state index < -0.39 is 17.8 Å². The van der Waals surface area contributed by atoms with Gasteiger partial charge in [-0.1, -0.05) is 24.3 Å². The van der Waals surface area contributed by atoms with E-state index in [9.17, 15) is 22.8 Å². The quantitative estimate of drug-likeness (QED) is 0.718. The molecular weight excluding hydrogens is 395 g/mol. The van der Waals surface area contributed by atoms with Crippen molar-refractivity contribution in [3.05, 3.63) is 59.7 Å². The summed E-state index contributed by atoms with van der Waals surface area (Å²) >= 11 is 0. The first-order valence-corrected chi connectivity index (χ1v) is 9.84. The highest BCUT2D eigenvalue weighted by molar-refractivity contribution is 6.22. The number of carbonyl (C=O) groups excluding carboxylic acids is 2. The Balaban J connectivity index is 1.44. The van der Waals surface area contributed by atoms with Crippen molar-refractivity contribution in [1.82, 2.24) is 4.90 Å². The average Bonchev–Trinajstić information content (AvgIpc) is 3.02. The van der Waals surface area contributed by atoms with E-state index in [1.807, 2.05) is 28.9 Å². The number of hydrogen-bond acceptors (Lipinski definition) is 4. The number of nitrogens with zero attached hydrogens (tertiary/aromatic N) is 3. The van der Waals surface area contributed by atoms with Gasteiger partial charge in [0.2, 0.25) is 5.91 Å². The van der Waals surface area contributed by atoms with Crippen LogP contribution in [0.5, 0.6) is 0 Å². The van der Waals surface area contributed by atoms with Gasteiger partial charge in [0.15, 0.2) is 0 Å². The van der Waals surface area contributed by atoms with Crippen LogP contribution in [0, 0.1) is 6.92 Å². The van der Waals surface area contributed by atoms with E-state index in [1.165, 1.54) is 11.0 Å². The number of piperazine rings is 1. The zero-order valence-electron chi connectivity index (χ0n) is 16.5. The number of rotatable bonds is 3. The second-order valence-electron chi connectivity index (χ2n) is 7.64. The second-order valence-corrected chi connectivity index (χ2v) is 7.64. The lowest BCUT2D eigenvalue weighted by Gasteiger charge is -2.38. The van der Waals surface area contributed by atoms with Crippen LogP contribution in [0.2, 0.25) is 0 Å². The maximum atomic E-state index is 13.0. The number of carbonyl (C=O) groups is 2. The topological polar surface area (TPSA) is 43.9 Å². The molecule has 0 N–H and O–H groups in total. The monoisotopic (exact) mass is 417 g/mol. The molecule has 0 bridgehead atoms. The Morgan fingerprint density at radius 3 is 2.30 bits per heavy atom. The summed E-state index contributed by atoms with van der Waals surface area (Å²) in [5.41, 5.74) is 1.31. The van der Waals surface area contributed by atoms with Gasteiger partial charge in [-0.3, -0.25) is 14.5 Å². The van der Waals surface area contributed by atoms with Crippen molar-refractivity contribution < 1.29 is 22.8 Å². The van der Waals surface area contributed by atoms with Gasteiger partial charge in [-0.05, 0) is 36.8 Å². The summed E-state index contributed by atoms with van der Waals surface area (Å²) in [5, 5.41) is 0. The number of amides is 2. The van der Waals surface area contributed by atoms with Crippen molar-refractivity contribution in [3.8, 4) is 0 Å². The Kier molecular flexibility index (Phi) is 5.27. The number of halogens is 3. The summed E-state index contributed by atoms with van der Waals surface area (Å²) in [6.07, 6.45) is -4.26. The molecule has 0 saturated carbocycles. The SMILES string of the molecule is Cc1ccccc1N1C(=O)C[C@@H](N2CCN(c3cccc(C(F)(F)F)c3)CC2)C1=O. The van der Waals surface area contributed by atoms with Crippen LogP contribution in [0.3, 0.4) is 0 Å². The van der Waals surface area contributed by atoms with Gasteiger partial charge >= 0.3 is 6.18 Å². The Hall–Kier alpha value is -2.87. The third kappa shape index (κ3) is 3.79. The molecule has 0 aliphatic carbocycles. The Bertz CT molecular complexity index is 968. The molecule has 0 unspecified atom stereocenters. The Labute approximate surface area is 172 Å². The Morgan fingerprint density at radius 2 is 1.63 bits per heavy atom. The van der Waals surface area contributed by atoms with Gasteiger partial charge in [-0.2, -0.15) is 13.2 Å². The molecule has 5 nitrogen and oxygen atoms in total. The maximum absolute atomic E-state index is 13.0. The average molecular weight is 417 g/mol. The number of imide groups is 1. The third-order valence-corrected chi connectivity index (χ3v) is 5.77. The van der Waals surface area contributed by atoms with Crippen LogP contribution >= 0.6 is 0 Å². The number of aryl methyl sites for hydroxylation is 1. The summed E-state index contributed by atoms with van der Waals surface area (Å²) < 4.78 is 39.0. The van der Waals surface area contributed by atoms with Crippen LogP contribution in [0.4, 0.5) is 24.5 Å². The van der Waals surface area contributed by atoms with Gasteiger partial charge in [0.25, 0.3) is 5.91 Å². The van der Waals surface area contributed by atoms with E-state index in [2.05, 4.69) is 0 Å². The summed E-state index contributed by atoms with van der Waals surface area (Å²) in [6, 6.07) is 12.0. The zero-order valence-corrected chi connectivity index (χ0v) is 16.5. The highest BCUT2D eigenvalue weighted by Crippen LogP contribution is 2.33. The van der Waals surface area contributed by atoms with E-state index >= 15 is 0 Å². The van der Waals surface area contributed by atoms with E-state index in [0.717, 1.165) is 17.7 Å². The molecule has 30 heavy (non-hydrogen) atoms. The lowest BCUT2D eigenvalue weighted by molar-refractivity contribution is -0.137. The minimum Gasteiger partial charge on any atom is -0.369 e. The molecule has 2 aliphatic rings. The number of para-hydroxylation sites is 1. The number of benzene rings is 2. The van der Waals surface area contributed by atoms with Crippen molar-refractivity contribution in [2.45, 2.75) is 25.6 Å². The van der Waals surface area contributed by atoms with Crippen LogP contribution in [0.1, 0.15) is 17.5 Å². The van der Waals surface area contributed by atoms with Gasteiger partial charge in [0.1, 0.15) is 0 Å². The molecule has 2 aliphatic heterocycles. The molecule has 8 heteroatoms. The normalized spacial score (nSPS) is 20.9. The first kappa shape index (κ1) is 20.4. The molecular formula is C22H22F3N3O2. The number of anilines is 2. The highest BCUT2D eigenvalue weighted by atomic mass is 19.4. The minimum atomic E-state index is -4.38. The smallest absolute Gasteiger partial charge is 0.369 e. The van der Waals surface area contributed by atoms with Crippen molar-refractivity contribution in [3.63, 3.8) is 0 Å². The van der Waals surface area contributed by atoms with Gasteiger partial charge in [0.05, 0.1) is 23.7 Å². The predicted octanol–water partition coefficient (Wildman–Crippen LogP) is 3.47. The molecule has 2 amide bonds. The van der Waals surface area contributed by atoms with Crippen molar-refractivity contribution in [2.75, 3.05) is 36.0 Å². The van der Waals surface area contributed by atoms with Gasteiger partial charge in [-0.25, -0.2) is 4.90 Å². The second kappa shape index (κ2) is 7.75. The fourth-order valence-electron chi connectivity index (χ4n) is 4.14. The predicted molar refractivity (Wildman–Crippen MR) is 107 cm³/mol. The standard InChI is InChI=1S/C22H22F3N3O2/c1-15-5-2-3-8-18(15)28-20(29)14-19(21(28)30)27-11-9-26(10-12-27)17-7-4-6-16(13-17)22(23,24)25/h2-8,13,19H,9-12,14H2,1H3/t19-/m1/s1. The van der Waals surface area contributed by atoms with Gasteiger partial charge < -0.3 is 4.90 Å². The summed E-state index contributed by atoms with van der Waals surface area (Å²) in [6.45, 7) is 3.84. The molecule has 2 aromatic carbocycles. The maximum Gasteiger partial charge on any atom is 0.416 e. The molecule has 2 aromatic rings. The third-order valence-electron chi connectivity index (χ3n) is 5.77. The molecule has 0 radical (unpaired) electrons. The summed E-state index contributed by atoms with van der Waals surface area (Å²) in [5.74, 6) is -0.457. The van der Waals surface area contributed by atoms with Crippen molar-refractivity contribution in [1.29, 1.82) is 0 Å². The van der Waals surface area contributed by atoms with Crippen LogP contribution in [0.15, 0.2) is 48.5 Å². The first-order chi connectivity index (χ1) is 14.3. The highest BCUT2D eigenvalue weighted by Gasteiger charge is 2.43. The van der Waals surface area contributed by atoms with Crippen LogP contribution < -0.4 is 9.80 Å². The molecule has 4 rings (SSSR count). The molecule has 2 fully saturated rings. The van der Waals surface area contributed by atoms with Crippen molar-refractivity contribution in [2.24, 2.45) is 0 Å². The van der Waals surface area contributed by atoms with Crippen LogP contribution in [-0.2, 0) is 15.8 Å². The fourth-order valence-corrected chi connectivity index (χ4v) is 4.14. The lowest BCUT2D eigenvalue weighted by Crippen LogP contribution is -2.52. The van der Waals surface area contributed by atoms with E-state index in [-0.39, 0.29) is 18.2 Å². The van der Waals surface area contributed by atoms with Gasteiger partial charge in [-0.15, -0.1) is 0 Å². The number of hydrogen-bond donors (Lipinski definition) is 0. The molecule has 0 aromatic heterocycles. The van der Waals surface area contributed by atoms with Crippen LogP contribution in [0.25, 0.3) is 0 Å². The molecule has 2 saturated heterocycles. The molecule has 1 atom stereocenters. The van der Waals surface area contributed by atoms with Crippen molar-refractivity contribution >= 4 is 23.2 Å². The van der Waals surface area contributed by atoms with E-state index in [4.69, 9.17) is 0 Å². The summed E-state index contributed by atoms with van der Waals surface area (Å²) in [7, 11) is 0. The fraction of sp³-hybridized carbons (Fsp3) is 0.364. The number of alkyl halides is 3. The lowest BCUT2D eigenvalue weighted by atomic mass is 10.1. The summed E-state index contributed by atoms with van der Waals surface area (Å²) in [4.78, 5) is 30.7. The van der Waals surface area contributed by atoms with Crippen LogP contribution in [-0.4, -0.2) is 48.9 Å². The molecule has 2 heterocycles. The van der Waals surface area contributed by atoms with E-state index in [0.29, 0.717) is 37.6 Å². The zero-order chi connectivity index (χ0) is 21.5. The largest absolute Gasteiger partial charge is 0.416 e. The minimum absolute atomic E-state index is 0.122. The van der Waals surface area contributed by atoms with E-state index in [1.54, 1.807) is 18.2 Å². The first-order valence-electron chi connectivity index (χ1n) is 9.84. The Morgan fingerprint density at radius 1 is 0.933 bits per heavy atom. The molecule has 158 valence electrons.